The molecule has 1 aromatic carbocycles. The number of fused-ring (bicyclic) bond motifs is 1. The summed E-state index contributed by atoms with van der Waals surface area (Å²) in [5, 5.41) is 5.33. The summed E-state index contributed by atoms with van der Waals surface area (Å²) in [4.78, 5) is 26.1. The summed E-state index contributed by atoms with van der Waals surface area (Å²) in [6, 6.07) is 7.15. The van der Waals surface area contributed by atoms with Gasteiger partial charge in [-0.3, -0.25) is 9.59 Å². The predicted molar refractivity (Wildman–Crippen MR) is 85.0 cm³/mol. The lowest BCUT2D eigenvalue weighted by Gasteiger charge is -2.17. The largest absolute Gasteiger partial charge is 0.393 e. The van der Waals surface area contributed by atoms with Gasteiger partial charge < -0.3 is 10.6 Å². The van der Waals surface area contributed by atoms with Crippen LogP contribution in [-0.4, -0.2) is 39.2 Å². The summed E-state index contributed by atoms with van der Waals surface area (Å²) in [7, 11) is 1.65. The number of nitrogens with zero attached hydrogens (tertiary/aromatic N) is 3. The van der Waals surface area contributed by atoms with E-state index in [2.05, 4.69) is 5.10 Å². The molecule has 0 bridgehead atoms. The minimum atomic E-state index is -0.274. The molecule has 21 heavy (non-hydrogen) atoms. The zero-order valence-electron chi connectivity index (χ0n) is 11.7. The minimum absolute atomic E-state index is 0.0997. The molecule has 2 N–H and O–H groups in total. The Balaban J connectivity index is 2.16. The molecule has 6 nitrogen and oxygen atoms in total. The first-order chi connectivity index (χ1) is 9.99. The topological polar surface area (TPSA) is 81.2 Å². The molecule has 0 radical (unpaired) electrons. The molecule has 0 aliphatic heterocycles. The summed E-state index contributed by atoms with van der Waals surface area (Å²) in [6.45, 7) is 0.327. The second kappa shape index (κ2) is 6.45. The van der Waals surface area contributed by atoms with E-state index in [1.165, 1.54) is 9.58 Å². The third kappa shape index (κ3) is 3.63. The van der Waals surface area contributed by atoms with Gasteiger partial charge in [-0.2, -0.15) is 5.10 Å². The number of rotatable bonds is 5. The molecule has 0 fully saturated rings. The van der Waals surface area contributed by atoms with Crippen molar-refractivity contribution in [3.8, 4) is 0 Å². The second-order valence-corrected chi connectivity index (χ2v) is 5.25. The van der Waals surface area contributed by atoms with E-state index < -0.39 is 0 Å². The summed E-state index contributed by atoms with van der Waals surface area (Å²) < 4.78 is 1.17. The number of thiocarbonyl (C=S) groups is 1. The third-order valence-electron chi connectivity index (χ3n) is 3.17. The molecule has 0 aliphatic rings. The van der Waals surface area contributed by atoms with Gasteiger partial charge in [0.25, 0.3) is 5.56 Å². The van der Waals surface area contributed by atoms with Crippen LogP contribution in [-0.2, 0) is 11.3 Å². The summed E-state index contributed by atoms with van der Waals surface area (Å²) in [6.07, 6.45) is 2.04. The number of hydrogen-bond acceptors (Lipinski definition) is 4. The van der Waals surface area contributed by atoms with E-state index in [0.717, 1.165) is 5.39 Å². The van der Waals surface area contributed by atoms with Crippen LogP contribution in [0, 0.1) is 0 Å². The Morgan fingerprint density at radius 3 is 2.86 bits per heavy atom. The summed E-state index contributed by atoms with van der Waals surface area (Å²) in [5.41, 5.74) is 5.13. The Morgan fingerprint density at radius 1 is 1.43 bits per heavy atom. The van der Waals surface area contributed by atoms with Crippen molar-refractivity contribution < 1.29 is 4.79 Å². The van der Waals surface area contributed by atoms with Crippen molar-refractivity contribution in [2.45, 2.75) is 13.0 Å². The highest BCUT2D eigenvalue weighted by molar-refractivity contribution is 7.80. The molecule has 1 amide bonds. The Bertz CT molecular complexity index is 741. The Kier molecular flexibility index (Phi) is 4.64. The van der Waals surface area contributed by atoms with Crippen LogP contribution in [0.3, 0.4) is 0 Å². The fourth-order valence-corrected chi connectivity index (χ4v) is 1.98. The number of likely N-dealkylation sites (N-methyl/N-ethyl adjacent to an activating group) is 1. The summed E-state index contributed by atoms with van der Waals surface area (Å²) in [5.74, 6) is -0.212. The minimum Gasteiger partial charge on any atom is -0.393 e. The van der Waals surface area contributed by atoms with Crippen LogP contribution in [0.25, 0.3) is 10.8 Å². The zero-order chi connectivity index (χ0) is 15.4. The molecular formula is C14H16N4O2S. The predicted octanol–water partition coefficient (Wildman–Crippen LogP) is 0.531. The fourth-order valence-electron chi connectivity index (χ4n) is 1.89. The van der Waals surface area contributed by atoms with Crippen LogP contribution in [0.15, 0.2) is 35.3 Å². The van der Waals surface area contributed by atoms with Crippen molar-refractivity contribution in [1.29, 1.82) is 0 Å². The third-order valence-corrected chi connectivity index (χ3v) is 3.37. The Morgan fingerprint density at radius 2 is 2.14 bits per heavy atom. The highest BCUT2D eigenvalue weighted by Crippen LogP contribution is 2.06. The first-order valence-corrected chi connectivity index (χ1v) is 6.87. The average Bonchev–Trinajstić information content (AvgIpc) is 2.47. The first kappa shape index (κ1) is 15.1. The molecule has 110 valence electrons. The quantitative estimate of drug-likeness (QED) is 0.815. The maximum Gasteiger partial charge on any atom is 0.275 e. The number of benzene rings is 1. The van der Waals surface area contributed by atoms with Gasteiger partial charge >= 0.3 is 0 Å². The van der Waals surface area contributed by atoms with Crippen LogP contribution < -0.4 is 11.3 Å². The van der Waals surface area contributed by atoms with Gasteiger partial charge in [-0.15, -0.1) is 0 Å². The van der Waals surface area contributed by atoms with E-state index in [4.69, 9.17) is 18.0 Å². The van der Waals surface area contributed by atoms with E-state index in [1.807, 2.05) is 12.1 Å². The lowest BCUT2D eigenvalue weighted by molar-refractivity contribution is -0.130. The molecule has 1 heterocycles. The van der Waals surface area contributed by atoms with Crippen molar-refractivity contribution >= 4 is 33.9 Å². The molecule has 0 saturated heterocycles. The standard InChI is InChI=1S/C14H16N4O2S/c1-17(7-6-12(15)21)13(19)9-18-14(20)11-5-3-2-4-10(11)8-16-18/h2-5,8H,6-7,9H2,1H3,(H2,15,21). The molecule has 1 aromatic heterocycles. The molecule has 0 aliphatic carbocycles. The van der Waals surface area contributed by atoms with Gasteiger partial charge in [-0.25, -0.2) is 4.68 Å². The van der Waals surface area contributed by atoms with Crippen molar-refractivity contribution in [2.24, 2.45) is 5.73 Å². The van der Waals surface area contributed by atoms with Crippen LogP contribution in [0.1, 0.15) is 6.42 Å². The van der Waals surface area contributed by atoms with Gasteiger partial charge in [0, 0.05) is 25.4 Å². The molecule has 0 spiro atoms. The highest BCUT2D eigenvalue weighted by atomic mass is 32.1. The number of carbonyl (C=O) groups excluding carboxylic acids is 1. The van der Waals surface area contributed by atoms with Gasteiger partial charge in [0.15, 0.2) is 0 Å². The molecule has 2 aromatic rings. The van der Waals surface area contributed by atoms with Crippen LogP contribution in [0.2, 0.25) is 0 Å². The molecule has 0 atom stereocenters. The SMILES string of the molecule is CN(CCC(N)=S)C(=O)Cn1ncc2ccccc2c1=O. The van der Waals surface area contributed by atoms with Crippen molar-refractivity contribution in [2.75, 3.05) is 13.6 Å². The highest BCUT2D eigenvalue weighted by Gasteiger charge is 2.12. The number of nitrogens with two attached hydrogens (primary N) is 1. The number of amides is 1. The van der Waals surface area contributed by atoms with Crippen molar-refractivity contribution in [3.05, 3.63) is 40.8 Å². The zero-order valence-corrected chi connectivity index (χ0v) is 12.5. The first-order valence-electron chi connectivity index (χ1n) is 6.46. The molecule has 0 unspecified atom stereocenters. The van der Waals surface area contributed by atoms with E-state index in [9.17, 15) is 9.59 Å². The fraction of sp³-hybridized carbons (Fsp3) is 0.286. The van der Waals surface area contributed by atoms with Crippen molar-refractivity contribution in [3.63, 3.8) is 0 Å². The van der Waals surface area contributed by atoms with Gasteiger partial charge in [-0.1, -0.05) is 30.4 Å². The van der Waals surface area contributed by atoms with Gasteiger partial charge in [0.2, 0.25) is 5.91 Å². The number of carbonyl (C=O) groups is 1. The Hall–Kier alpha value is -2.28. The van der Waals surface area contributed by atoms with Crippen LogP contribution in [0.5, 0.6) is 0 Å². The van der Waals surface area contributed by atoms with E-state index in [1.54, 1.807) is 25.4 Å². The van der Waals surface area contributed by atoms with Crippen LogP contribution in [0.4, 0.5) is 0 Å². The second-order valence-electron chi connectivity index (χ2n) is 4.73. The van der Waals surface area contributed by atoms with E-state index >= 15 is 0 Å². The van der Waals surface area contributed by atoms with Gasteiger partial charge in [0.1, 0.15) is 6.54 Å². The van der Waals surface area contributed by atoms with Crippen LogP contribution >= 0.6 is 12.2 Å². The van der Waals surface area contributed by atoms with Crippen molar-refractivity contribution in [1.82, 2.24) is 14.7 Å². The normalized spacial score (nSPS) is 10.5. The van der Waals surface area contributed by atoms with Gasteiger partial charge in [0.05, 0.1) is 16.6 Å². The van der Waals surface area contributed by atoms with Gasteiger partial charge in [-0.05, 0) is 6.07 Å². The average molecular weight is 304 g/mol. The monoisotopic (exact) mass is 304 g/mol. The number of hydrogen-bond donors (Lipinski definition) is 1. The molecular weight excluding hydrogens is 288 g/mol. The number of aromatic nitrogens is 2. The molecule has 2 rings (SSSR count). The smallest absolute Gasteiger partial charge is 0.275 e. The molecule has 0 saturated carbocycles. The Labute approximate surface area is 127 Å². The lowest BCUT2D eigenvalue weighted by Crippen LogP contribution is -2.36. The maximum atomic E-state index is 12.2. The van der Waals surface area contributed by atoms with E-state index in [0.29, 0.717) is 23.3 Å². The summed E-state index contributed by atoms with van der Waals surface area (Å²) >= 11 is 4.78. The maximum absolute atomic E-state index is 12.2. The van der Waals surface area contributed by atoms with E-state index in [-0.39, 0.29) is 18.0 Å². The molecule has 7 heteroatoms. The lowest BCUT2D eigenvalue weighted by atomic mass is 10.2.